The molecule has 0 aliphatic heterocycles. The van der Waals surface area contributed by atoms with Gasteiger partial charge in [0.2, 0.25) is 0 Å². The van der Waals surface area contributed by atoms with Gasteiger partial charge >= 0.3 is 35.5 Å². The van der Waals surface area contributed by atoms with Crippen molar-refractivity contribution in [2.45, 2.75) is 39.5 Å². The van der Waals surface area contributed by atoms with Gasteiger partial charge in [-0.25, -0.2) is 0 Å². The number of carbonyl (C=O) groups excluding carboxylic acids is 2. The van der Waals surface area contributed by atoms with E-state index in [1.807, 2.05) is 6.92 Å². The van der Waals surface area contributed by atoms with E-state index in [0.717, 1.165) is 19.3 Å². The molecule has 1 unspecified atom stereocenters. The third kappa shape index (κ3) is 10.2. The second kappa shape index (κ2) is 10.5. The molecule has 0 saturated carbocycles. The summed E-state index contributed by atoms with van der Waals surface area (Å²) in [5.41, 5.74) is 0. The molecule has 0 heterocycles. The first kappa shape index (κ1) is 17.3. The Morgan fingerprint density at radius 3 is 2.33 bits per heavy atom. The number of carbonyl (C=O) groups is 2. The first-order valence-electron chi connectivity index (χ1n) is 4.95. The molecule has 0 radical (unpaired) electrons. The molecule has 0 spiro atoms. The van der Waals surface area contributed by atoms with Crippen LogP contribution >= 0.6 is 0 Å². The van der Waals surface area contributed by atoms with Crippen LogP contribution in [0.15, 0.2) is 0 Å². The number of hydrogen-bond donors (Lipinski definition) is 0. The first-order valence-corrected chi connectivity index (χ1v) is 4.95. The summed E-state index contributed by atoms with van der Waals surface area (Å²) < 4.78 is 4.80. The zero-order valence-electron chi connectivity index (χ0n) is 9.75. The SMILES string of the molecule is CCCC(CC)COC(=O)CC(=O)[O-].[Na+]. The van der Waals surface area contributed by atoms with Crippen LogP contribution in [0.25, 0.3) is 0 Å². The standard InChI is InChI=1S/C10H18O4.Na/c1-3-5-8(4-2)7-14-10(13)6-9(11)12;/h8H,3-7H2,1-2H3,(H,11,12);/q;+1/p-1. The average molecular weight is 224 g/mol. The number of rotatable bonds is 7. The van der Waals surface area contributed by atoms with Crippen molar-refractivity contribution in [3.05, 3.63) is 0 Å². The van der Waals surface area contributed by atoms with Crippen LogP contribution in [-0.4, -0.2) is 18.5 Å². The molecule has 0 saturated heterocycles. The zero-order chi connectivity index (χ0) is 11.0. The Labute approximate surface area is 113 Å². The number of carboxylic acids is 1. The molecule has 15 heavy (non-hydrogen) atoms. The fourth-order valence-electron chi connectivity index (χ4n) is 1.19. The summed E-state index contributed by atoms with van der Waals surface area (Å²) in [4.78, 5) is 20.9. The van der Waals surface area contributed by atoms with Gasteiger partial charge in [0.05, 0.1) is 19.0 Å². The third-order valence-corrected chi connectivity index (χ3v) is 2.04. The molecule has 0 aliphatic rings. The van der Waals surface area contributed by atoms with E-state index in [2.05, 4.69) is 6.92 Å². The van der Waals surface area contributed by atoms with Gasteiger partial charge < -0.3 is 14.6 Å². The Hall–Kier alpha value is -0.0600. The second-order valence-corrected chi connectivity index (χ2v) is 3.29. The first-order chi connectivity index (χ1) is 6.60. The van der Waals surface area contributed by atoms with Crippen LogP contribution in [0.2, 0.25) is 0 Å². The molecule has 0 aliphatic carbocycles. The molecule has 0 aromatic heterocycles. The molecule has 1 atom stereocenters. The van der Waals surface area contributed by atoms with Crippen molar-refractivity contribution >= 4 is 11.9 Å². The molecular weight excluding hydrogens is 207 g/mol. The van der Waals surface area contributed by atoms with Gasteiger partial charge in [-0.1, -0.05) is 26.7 Å². The summed E-state index contributed by atoms with van der Waals surface area (Å²) in [5.74, 6) is -1.76. The second-order valence-electron chi connectivity index (χ2n) is 3.29. The van der Waals surface area contributed by atoms with Gasteiger partial charge in [-0.2, -0.15) is 0 Å². The Morgan fingerprint density at radius 1 is 1.33 bits per heavy atom. The molecule has 0 bridgehead atoms. The normalized spacial score (nSPS) is 11.3. The molecule has 0 aromatic rings. The molecule has 5 heteroatoms. The fourth-order valence-corrected chi connectivity index (χ4v) is 1.19. The quantitative estimate of drug-likeness (QED) is 0.272. The minimum atomic E-state index is -1.39. The maximum atomic E-state index is 10.8. The minimum absolute atomic E-state index is 0. The third-order valence-electron chi connectivity index (χ3n) is 2.04. The zero-order valence-corrected chi connectivity index (χ0v) is 11.7. The van der Waals surface area contributed by atoms with E-state index in [1.165, 1.54) is 0 Å². The van der Waals surface area contributed by atoms with Gasteiger partial charge in [-0.3, -0.25) is 4.79 Å². The Balaban J connectivity index is 0. The summed E-state index contributed by atoms with van der Waals surface area (Å²) >= 11 is 0. The van der Waals surface area contributed by atoms with Crippen LogP contribution in [0, 0.1) is 5.92 Å². The molecule has 0 fully saturated rings. The average Bonchev–Trinajstić information content (AvgIpc) is 2.11. The number of carboxylic acid groups (broad SMARTS) is 1. The summed E-state index contributed by atoms with van der Waals surface area (Å²) in [6, 6.07) is 0. The summed E-state index contributed by atoms with van der Waals surface area (Å²) in [6.45, 7) is 4.40. The van der Waals surface area contributed by atoms with Crippen molar-refractivity contribution in [1.29, 1.82) is 0 Å². The number of esters is 1. The monoisotopic (exact) mass is 224 g/mol. The van der Waals surface area contributed by atoms with Crippen LogP contribution in [0.1, 0.15) is 39.5 Å². The predicted molar refractivity (Wildman–Crippen MR) is 49.3 cm³/mol. The van der Waals surface area contributed by atoms with Crippen LogP contribution in [0.3, 0.4) is 0 Å². The topological polar surface area (TPSA) is 66.4 Å². The van der Waals surface area contributed by atoms with Crippen LogP contribution in [0.4, 0.5) is 0 Å². The van der Waals surface area contributed by atoms with Crippen LogP contribution in [-0.2, 0) is 14.3 Å². The van der Waals surface area contributed by atoms with Crippen molar-refractivity contribution in [1.82, 2.24) is 0 Å². The van der Waals surface area contributed by atoms with E-state index in [1.54, 1.807) is 0 Å². The Bertz CT molecular complexity index is 194. The Morgan fingerprint density at radius 2 is 1.93 bits per heavy atom. The minimum Gasteiger partial charge on any atom is -0.550 e. The van der Waals surface area contributed by atoms with Crippen molar-refractivity contribution in [3.63, 3.8) is 0 Å². The van der Waals surface area contributed by atoms with E-state index in [-0.39, 0.29) is 29.6 Å². The largest absolute Gasteiger partial charge is 1.00 e. The smallest absolute Gasteiger partial charge is 0.550 e. The molecular formula is C10H17NaO4. The number of hydrogen-bond acceptors (Lipinski definition) is 4. The number of ether oxygens (including phenoxy) is 1. The molecule has 0 amide bonds. The van der Waals surface area contributed by atoms with E-state index in [4.69, 9.17) is 4.74 Å². The van der Waals surface area contributed by atoms with Crippen LogP contribution in [0.5, 0.6) is 0 Å². The van der Waals surface area contributed by atoms with Gasteiger partial charge in [0.25, 0.3) is 0 Å². The van der Waals surface area contributed by atoms with Gasteiger partial charge in [0, 0.05) is 0 Å². The van der Waals surface area contributed by atoms with Gasteiger partial charge in [0.1, 0.15) is 0 Å². The molecule has 0 aromatic carbocycles. The van der Waals surface area contributed by atoms with Gasteiger partial charge in [-0.05, 0) is 12.3 Å². The van der Waals surface area contributed by atoms with Crippen molar-refractivity contribution < 1.29 is 49.0 Å². The molecule has 4 nitrogen and oxygen atoms in total. The van der Waals surface area contributed by atoms with Crippen molar-refractivity contribution in [2.75, 3.05) is 6.61 Å². The van der Waals surface area contributed by atoms with Crippen LogP contribution < -0.4 is 34.7 Å². The van der Waals surface area contributed by atoms with Crippen molar-refractivity contribution in [3.8, 4) is 0 Å². The predicted octanol–water partition coefficient (Wildman–Crippen LogP) is -2.50. The maximum Gasteiger partial charge on any atom is 1.00 e. The maximum absolute atomic E-state index is 10.8. The van der Waals surface area contributed by atoms with Gasteiger partial charge in [-0.15, -0.1) is 0 Å². The number of aliphatic carboxylic acids is 1. The van der Waals surface area contributed by atoms with E-state index in [9.17, 15) is 14.7 Å². The summed E-state index contributed by atoms with van der Waals surface area (Å²) in [6.07, 6.45) is 2.32. The van der Waals surface area contributed by atoms with Gasteiger partial charge in [0.15, 0.2) is 0 Å². The summed E-state index contributed by atoms with van der Waals surface area (Å²) in [7, 11) is 0. The van der Waals surface area contributed by atoms with E-state index >= 15 is 0 Å². The van der Waals surface area contributed by atoms with Crippen molar-refractivity contribution in [2.24, 2.45) is 5.92 Å². The van der Waals surface area contributed by atoms with E-state index < -0.39 is 18.4 Å². The fraction of sp³-hybridized carbons (Fsp3) is 0.800. The van der Waals surface area contributed by atoms with E-state index in [0.29, 0.717) is 12.5 Å². The Kier molecular flexibility index (Phi) is 12.1. The molecule has 0 N–H and O–H groups in total. The summed E-state index contributed by atoms with van der Waals surface area (Å²) in [5, 5.41) is 10.0. The molecule has 0 rings (SSSR count). The molecule has 82 valence electrons.